The number of nitrogens with zero attached hydrogens (tertiary/aromatic N) is 2. The van der Waals surface area contributed by atoms with Crippen molar-refractivity contribution < 1.29 is 0 Å². The van der Waals surface area contributed by atoms with Crippen LogP contribution >= 0.6 is 0 Å². The summed E-state index contributed by atoms with van der Waals surface area (Å²) in [5, 5.41) is 4.68. The lowest BCUT2D eigenvalue weighted by molar-refractivity contribution is 0.328. The second-order valence-corrected chi connectivity index (χ2v) is 5.35. The molecule has 0 unspecified atom stereocenters. The van der Waals surface area contributed by atoms with E-state index in [0.29, 0.717) is 0 Å². The molecular weight excluding hydrogens is 246 g/mol. The number of para-hydroxylation sites is 1. The number of anilines is 1. The number of pyridine rings is 1. The molecule has 0 saturated heterocycles. The third kappa shape index (κ3) is 3.70. The molecule has 3 nitrogen and oxygen atoms in total. The van der Waals surface area contributed by atoms with E-state index < -0.39 is 0 Å². The van der Waals surface area contributed by atoms with Crippen LogP contribution in [0.2, 0.25) is 0 Å². The van der Waals surface area contributed by atoms with Crippen LogP contribution in [0.15, 0.2) is 30.3 Å². The molecule has 0 aliphatic carbocycles. The Hall–Kier alpha value is -1.61. The van der Waals surface area contributed by atoms with E-state index in [2.05, 4.69) is 55.4 Å². The maximum atomic E-state index is 4.79. The van der Waals surface area contributed by atoms with E-state index in [1.165, 1.54) is 17.4 Å². The smallest absolute Gasteiger partial charge is 0.131 e. The Morgan fingerprint density at radius 2 is 1.95 bits per heavy atom. The van der Waals surface area contributed by atoms with Gasteiger partial charge in [-0.05, 0) is 38.6 Å². The lowest BCUT2D eigenvalue weighted by Gasteiger charge is -2.19. The lowest BCUT2D eigenvalue weighted by atomic mass is 10.1. The van der Waals surface area contributed by atoms with Crippen molar-refractivity contribution in [3.8, 4) is 0 Å². The first-order chi connectivity index (χ1) is 9.74. The minimum absolute atomic E-state index is 0.942. The summed E-state index contributed by atoms with van der Waals surface area (Å²) in [6.45, 7) is 7.41. The monoisotopic (exact) mass is 271 g/mol. The third-order valence-corrected chi connectivity index (χ3v) is 3.39. The third-order valence-electron chi connectivity index (χ3n) is 3.39. The number of hydrogen-bond donors (Lipinski definition) is 1. The molecule has 1 heterocycles. The first kappa shape index (κ1) is 14.8. The zero-order valence-corrected chi connectivity index (χ0v) is 12.8. The normalized spacial score (nSPS) is 11.2. The first-order valence-electron chi connectivity index (χ1n) is 7.55. The van der Waals surface area contributed by atoms with Crippen LogP contribution in [0.4, 0.5) is 5.82 Å². The fourth-order valence-electron chi connectivity index (χ4n) is 2.43. The van der Waals surface area contributed by atoms with Crippen molar-refractivity contribution in [3.05, 3.63) is 35.9 Å². The van der Waals surface area contributed by atoms with Crippen molar-refractivity contribution in [1.29, 1.82) is 0 Å². The summed E-state index contributed by atoms with van der Waals surface area (Å²) < 4.78 is 0. The average molecular weight is 271 g/mol. The molecule has 0 aliphatic rings. The van der Waals surface area contributed by atoms with Gasteiger partial charge in [-0.15, -0.1) is 0 Å². The van der Waals surface area contributed by atoms with Gasteiger partial charge in [-0.2, -0.15) is 0 Å². The van der Waals surface area contributed by atoms with E-state index in [1.807, 2.05) is 6.07 Å². The van der Waals surface area contributed by atoms with Gasteiger partial charge in [0.25, 0.3) is 0 Å². The van der Waals surface area contributed by atoms with E-state index in [9.17, 15) is 0 Å². The molecular formula is C17H25N3. The molecule has 0 aliphatic heterocycles. The Bertz CT molecular complexity index is 551. The quantitative estimate of drug-likeness (QED) is 0.828. The average Bonchev–Trinajstić information content (AvgIpc) is 2.45. The zero-order valence-electron chi connectivity index (χ0n) is 12.8. The number of benzene rings is 1. The molecule has 2 aromatic rings. The van der Waals surface area contributed by atoms with Gasteiger partial charge in [-0.1, -0.05) is 32.0 Å². The predicted molar refractivity (Wildman–Crippen MR) is 87.1 cm³/mol. The van der Waals surface area contributed by atoms with Gasteiger partial charge < -0.3 is 10.2 Å². The fraction of sp³-hybridized carbons (Fsp3) is 0.471. The molecule has 0 saturated carbocycles. The summed E-state index contributed by atoms with van der Waals surface area (Å²) in [7, 11) is 2.17. The molecule has 0 spiro atoms. The van der Waals surface area contributed by atoms with Crippen LogP contribution in [-0.2, 0) is 6.54 Å². The van der Waals surface area contributed by atoms with Gasteiger partial charge in [0, 0.05) is 24.0 Å². The summed E-state index contributed by atoms with van der Waals surface area (Å²) in [6.07, 6.45) is 2.29. The molecule has 0 fully saturated rings. The highest BCUT2D eigenvalue weighted by Crippen LogP contribution is 2.21. The Kier molecular flexibility index (Phi) is 5.36. The van der Waals surface area contributed by atoms with Gasteiger partial charge in [0.2, 0.25) is 0 Å². The fourth-order valence-corrected chi connectivity index (χ4v) is 2.43. The molecule has 0 bridgehead atoms. The van der Waals surface area contributed by atoms with Crippen molar-refractivity contribution >= 4 is 16.7 Å². The largest absolute Gasteiger partial charge is 0.370 e. The highest BCUT2D eigenvalue weighted by Gasteiger charge is 2.08. The second kappa shape index (κ2) is 7.25. The second-order valence-electron chi connectivity index (χ2n) is 5.35. The van der Waals surface area contributed by atoms with Crippen LogP contribution in [0.25, 0.3) is 10.9 Å². The lowest BCUT2D eigenvalue weighted by Crippen LogP contribution is -2.20. The number of fused-ring (bicyclic) bond motifs is 1. The van der Waals surface area contributed by atoms with Crippen molar-refractivity contribution in [2.24, 2.45) is 0 Å². The van der Waals surface area contributed by atoms with Crippen LogP contribution in [0.3, 0.4) is 0 Å². The highest BCUT2D eigenvalue weighted by molar-refractivity contribution is 5.81. The summed E-state index contributed by atoms with van der Waals surface area (Å²) >= 11 is 0. The van der Waals surface area contributed by atoms with Crippen LogP contribution < -0.4 is 5.32 Å². The van der Waals surface area contributed by atoms with Crippen LogP contribution in [0, 0.1) is 0 Å². The van der Waals surface area contributed by atoms with Gasteiger partial charge >= 0.3 is 0 Å². The predicted octanol–water partition coefficient (Wildman–Crippen LogP) is 3.90. The van der Waals surface area contributed by atoms with Crippen molar-refractivity contribution in [1.82, 2.24) is 9.88 Å². The van der Waals surface area contributed by atoms with E-state index >= 15 is 0 Å². The SMILES string of the molecule is CCCNc1nc2ccccc2cc1CN(C)CCC. The Labute approximate surface area is 122 Å². The Balaban J connectivity index is 2.32. The van der Waals surface area contributed by atoms with E-state index in [-0.39, 0.29) is 0 Å². The van der Waals surface area contributed by atoms with Gasteiger partial charge in [-0.3, -0.25) is 0 Å². The standard InChI is InChI=1S/C17H25N3/c1-4-10-18-17-15(13-20(3)11-5-2)12-14-8-6-7-9-16(14)19-17/h6-9,12H,4-5,10-11,13H2,1-3H3,(H,18,19). The molecule has 1 aromatic heterocycles. The number of hydrogen-bond acceptors (Lipinski definition) is 3. The molecule has 0 atom stereocenters. The van der Waals surface area contributed by atoms with Crippen molar-refractivity contribution in [2.45, 2.75) is 33.2 Å². The molecule has 2 rings (SSSR count). The van der Waals surface area contributed by atoms with Crippen molar-refractivity contribution in [3.63, 3.8) is 0 Å². The van der Waals surface area contributed by atoms with Crippen LogP contribution in [-0.4, -0.2) is 30.0 Å². The Morgan fingerprint density at radius 3 is 2.70 bits per heavy atom. The summed E-state index contributed by atoms with van der Waals surface area (Å²) in [4.78, 5) is 7.14. The summed E-state index contributed by atoms with van der Waals surface area (Å²) in [5.41, 5.74) is 2.35. The molecule has 0 radical (unpaired) electrons. The number of aromatic nitrogens is 1. The topological polar surface area (TPSA) is 28.2 Å². The van der Waals surface area contributed by atoms with Gasteiger partial charge in [0.05, 0.1) is 5.52 Å². The minimum Gasteiger partial charge on any atom is -0.370 e. The maximum Gasteiger partial charge on any atom is 0.131 e. The first-order valence-corrected chi connectivity index (χ1v) is 7.55. The van der Waals surface area contributed by atoms with Gasteiger partial charge in [-0.25, -0.2) is 4.98 Å². The van der Waals surface area contributed by atoms with E-state index in [0.717, 1.165) is 37.4 Å². The zero-order chi connectivity index (χ0) is 14.4. The van der Waals surface area contributed by atoms with E-state index in [4.69, 9.17) is 4.98 Å². The molecule has 20 heavy (non-hydrogen) atoms. The van der Waals surface area contributed by atoms with E-state index in [1.54, 1.807) is 0 Å². The maximum absolute atomic E-state index is 4.79. The molecule has 0 amide bonds. The number of rotatable bonds is 7. The van der Waals surface area contributed by atoms with Gasteiger partial charge in [0.1, 0.15) is 5.82 Å². The summed E-state index contributed by atoms with van der Waals surface area (Å²) in [5.74, 6) is 1.04. The molecule has 1 N–H and O–H groups in total. The molecule has 108 valence electrons. The van der Waals surface area contributed by atoms with Crippen LogP contribution in [0.5, 0.6) is 0 Å². The minimum atomic E-state index is 0.942. The Morgan fingerprint density at radius 1 is 1.15 bits per heavy atom. The molecule has 3 heteroatoms. The van der Waals surface area contributed by atoms with Gasteiger partial charge in [0.15, 0.2) is 0 Å². The molecule has 1 aromatic carbocycles. The highest BCUT2D eigenvalue weighted by atomic mass is 15.1. The van der Waals surface area contributed by atoms with Crippen LogP contribution in [0.1, 0.15) is 32.3 Å². The summed E-state index contributed by atoms with van der Waals surface area (Å²) in [6, 6.07) is 10.6. The van der Waals surface area contributed by atoms with Crippen molar-refractivity contribution in [2.75, 3.05) is 25.5 Å². The number of nitrogens with one attached hydrogen (secondary N) is 1.